The number of rotatable bonds is 7. The van der Waals surface area contributed by atoms with Crippen LogP contribution < -0.4 is 10.6 Å². The van der Waals surface area contributed by atoms with Gasteiger partial charge in [-0.1, -0.05) is 11.6 Å². The molecule has 1 aliphatic carbocycles. The van der Waals surface area contributed by atoms with Crippen molar-refractivity contribution in [3.8, 4) is 0 Å². The summed E-state index contributed by atoms with van der Waals surface area (Å²) in [4.78, 5) is 55.2. The first-order chi connectivity index (χ1) is 17.3. The largest absolute Gasteiger partial charge is 0.465 e. The van der Waals surface area contributed by atoms with Gasteiger partial charge in [0.2, 0.25) is 18.1 Å². The highest BCUT2D eigenvalue weighted by Gasteiger charge is 2.30. The van der Waals surface area contributed by atoms with Crippen molar-refractivity contribution in [1.82, 2.24) is 9.88 Å². The van der Waals surface area contributed by atoms with Gasteiger partial charge in [0.25, 0.3) is 5.91 Å². The van der Waals surface area contributed by atoms with Crippen LogP contribution in [0.15, 0.2) is 40.9 Å². The van der Waals surface area contributed by atoms with Gasteiger partial charge in [-0.25, -0.2) is 9.78 Å². The van der Waals surface area contributed by atoms with Crippen molar-refractivity contribution in [2.45, 2.75) is 31.7 Å². The second kappa shape index (κ2) is 10.8. The summed E-state index contributed by atoms with van der Waals surface area (Å²) in [6, 6.07) is 7.76. The van der Waals surface area contributed by atoms with Gasteiger partial charge >= 0.3 is 5.97 Å². The van der Waals surface area contributed by atoms with Crippen LogP contribution in [0.2, 0.25) is 5.02 Å². The molecular formula is C25H25ClN4O6. The number of methoxy groups -OCH3 is 1. The Morgan fingerprint density at radius 2 is 1.89 bits per heavy atom. The van der Waals surface area contributed by atoms with Crippen LogP contribution in [-0.4, -0.2) is 54.3 Å². The molecule has 0 unspecified atom stereocenters. The molecule has 188 valence electrons. The Hall–Kier alpha value is -3.92. The second-order valence-corrected chi connectivity index (χ2v) is 9.03. The number of hydrogen-bond acceptors (Lipinski definition) is 7. The molecule has 2 N–H and O–H groups in total. The standard InChI is InChI=1S/C25H25ClN4O6/c1-30(13-31)17-7-3-14(4-8-17)23(32)29-21-18-11-15(25(34)35-2)5-9-19(18)36-22(21)24(33)28-20-10-6-16(26)12-27-20/h5-6,9-14,17H,3-4,7-8H2,1-2H3,(H,29,32)(H,27,28,33). The lowest BCUT2D eigenvalue weighted by Gasteiger charge is -2.32. The van der Waals surface area contributed by atoms with Crippen molar-refractivity contribution < 1.29 is 28.3 Å². The number of amides is 3. The Morgan fingerprint density at radius 3 is 2.53 bits per heavy atom. The van der Waals surface area contributed by atoms with Crippen LogP contribution in [0.3, 0.4) is 0 Å². The normalized spacial score (nSPS) is 17.3. The number of halogens is 1. The maximum atomic E-state index is 13.2. The Morgan fingerprint density at radius 1 is 1.14 bits per heavy atom. The van der Waals surface area contributed by atoms with E-state index in [2.05, 4.69) is 15.6 Å². The number of carbonyl (C=O) groups is 4. The Bertz CT molecular complexity index is 1300. The van der Waals surface area contributed by atoms with E-state index < -0.39 is 11.9 Å². The lowest BCUT2D eigenvalue weighted by atomic mass is 9.85. The summed E-state index contributed by atoms with van der Waals surface area (Å²) >= 11 is 5.86. The Balaban J connectivity index is 1.63. The monoisotopic (exact) mass is 512 g/mol. The minimum absolute atomic E-state index is 0.0946. The summed E-state index contributed by atoms with van der Waals surface area (Å²) in [5.41, 5.74) is 0.702. The molecule has 1 saturated carbocycles. The number of fused-ring (bicyclic) bond motifs is 1. The molecule has 0 saturated heterocycles. The first kappa shape index (κ1) is 25.2. The van der Waals surface area contributed by atoms with E-state index in [9.17, 15) is 19.2 Å². The number of ether oxygens (including phenoxy) is 1. The fourth-order valence-corrected chi connectivity index (χ4v) is 4.42. The van der Waals surface area contributed by atoms with Crippen LogP contribution in [0.1, 0.15) is 46.6 Å². The molecule has 36 heavy (non-hydrogen) atoms. The van der Waals surface area contributed by atoms with Gasteiger partial charge in [-0.3, -0.25) is 14.4 Å². The number of nitrogens with zero attached hydrogens (tertiary/aromatic N) is 2. The molecule has 3 aromatic rings. The fraction of sp³-hybridized carbons (Fsp3) is 0.320. The number of aromatic nitrogens is 1. The summed E-state index contributed by atoms with van der Waals surface area (Å²) in [6.07, 6.45) is 4.76. The number of carbonyl (C=O) groups excluding carboxylic acids is 4. The molecule has 0 spiro atoms. The summed E-state index contributed by atoms with van der Waals surface area (Å²) in [7, 11) is 3.00. The molecule has 0 atom stereocenters. The number of nitrogens with one attached hydrogen (secondary N) is 2. The molecule has 4 rings (SSSR count). The van der Waals surface area contributed by atoms with Crippen LogP contribution in [0.4, 0.5) is 11.5 Å². The first-order valence-corrected chi connectivity index (χ1v) is 11.7. The van der Waals surface area contributed by atoms with E-state index in [-0.39, 0.29) is 40.7 Å². The van der Waals surface area contributed by atoms with Gasteiger partial charge in [-0.05, 0) is 56.0 Å². The van der Waals surface area contributed by atoms with E-state index >= 15 is 0 Å². The lowest BCUT2D eigenvalue weighted by molar-refractivity contribution is -0.122. The zero-order valence-corrected chi connectivity index (χ0v) is 20.5. The van der Waals surface area contributed by atoms with Crippen LogP contribution in [-0.2, 0) is 14.3 Å². The molecule has 1 fully saturated rings. The average Bonchev–Trinajstić information content (AvgIpc) is 3.26. The third-order valence-corrected chi connectivity index (χ3v) is 6.57. The zero-order chi connectivity index (χ0) is 25.8. The smallest absolute Gasteiger partial charge is 0.337 e. The van der Waals surface area contributed by atoms with Crippen LogP contribution >= 0.6 is 11.6 Å². The summed E-state index contributed by atoms with van der Waals surface area (Å²) in [5.74, 6) is -1.66. The van der Waals surface area contributed by atoms with Crippen LogP contribution in [0.25, 0.3) is 11.0 Å². The van der Waals surface area contributed by atoms with E-state index in [1.165, 1.54) is 37.6 Å². The molecule has 3 amide bonds. The SMILES string of the molecule is COC(=O)c1ccc2oc(C(=O)Nc3ccc(Cl)cn3)c(NC(=O)C3CCC(N(C)C=O)CC3)c2c1. The molecule has 2 heterocycles. The minimum Gasteiger partial charge on any atom is -0.465 e. The average molecular weight is 513 g/mol. The number of hydrogen-bond donors (Lipinski definition) is 2. The van der Waals surface area contributed by atoms with Gasteiger partial charge in [-0.15, -0.1) is 0 Å². The molecule has 0 bridgehead atoms. The molecule has 11 heteroatoms. The lowest BCUT2D eigenvalue weighted by Crippen LogP contribution is -2.37. The van der Waals surface area contributed by atoms with Crippen LogP contribution in [0, 0.1) is 5.92 Å². The molecule has 0 aliphatic heterocycles. The van der Waals surface area contributed by atoms with Crippen molar-refractivity contribution in [2.75, 3.05) is 24.8 Å². The predicted molar refractivity (Wildman–Crippen MR) is 133 cm³/mol. The Labute approximate surface area is 211 Å². The summed E-state index contributed by atoms with van der Waals surface area (Å²) < 4.78 is 10.6. The predicted octanol–water partition coefficient (Wildman–Crippen LogP) is 4.11. The van der Waals surface area contributed by atoms with E-state index in [1.807, 2.05) is 0 Å². The summed E-state index contributed by atoms with van der Waals surface area (Å²) in [6.45, 7) is 0. The highest BCUT2D eigenvalue weighted by atomic mass is 35.5. The van der Waals surface area contributed by atoms with Crippen molar-refractivity contribution in [2.24, 2.45) is 5.92 Å². The molecule has 0 radical (unpaired) electrons. The molecular weight excluding hydrogens is 488 g/mol. The number of pyridine rings is 1. The van der Waals surface area contributed by atoms with Gasteiger partial charge < -0.3 is 24.7 Å². The van der Waals surface area contributed by atoms with Crippen molar-refractivity contribution in [3.63, 3.8) is 0 Å². The van der Waals surface area contributed by atoms with E-state index in [0.717, 1.165) is 6.41 Å². The topological polar surface area (TPSA) is 131 Å². The third kappa shape index (κ3) is 5.33. The molecule has 2 aromatic heterocycles. The molecule has 1 aliphatic rings. The fourth-order valence-electron chi connectivity index (χ4n) is 4.31. The van der Waals surface area contributed by atoms with E-state index in [4.69, 9.17) is 20.8 Å². The number of furan rings is 1. The molecule has 1 aromatic carbocycles. The number of benzene rings is 1. The highest BCUT2D eigenvalue weighted by Crippen LogP contribution is 2.34. The van der Waals surface area contributed by atoms with Gasteiger partial charge in [0.1, 0.15) is 17.1 Å². The highest BCUT2D eigenvalue weighted by molar-refractivity contribution is 6.30. The maximum absolute atomic E-state index is 13.2. The molecule has 10 nitrogen and oxygen atoms in total. The van der Waals surface area contributed by atoms with Gasteiger partial charge in [0.15, 0.2) is 0 Å². The van der Waals surface area contributed by atoms with Crippen molar-refractivity contribution in [1.29, 1.82) is 0 Å². The second-order valence-electron chi connectivity index (χ2n) is 8.59. The number of anilines is 2. The first-order valence-electron chi connectivity index (χ1n) is 11.4. The third-order valence-electron chi connectivity index (χ3n) is 6.34. The van der Waals surface area contributed by atoms with Gasteiger partial charge in [0, 0.05) is 30.6 Å². The maximum Gasteiger partial charge on any atom is 0.337 e. The van der Waals surface area contributed by atoms with Crippen molar-refractivity contribution >= 4 is 58.3 Å². The van der Waals surface area contributed by atoms with Crippen LogP contribution in [0.5, 0.6) is 0 Å². The van der Waals surface area contributed by atoms with Gasteiger partial charge in [-0.2, -0.15) is 0 Å². The van der Waals surface area contributed by atoms with E-state index in [1.54, 1.807) is 18.0 Å². The Kier molecular flexibility index (Phi) is 7.54. The van der Waals surface area contributed by atoms with Crippen molar-refractivity contribution in [3.05, 3.63) is 52.9 Å². The zero-order valence-electron chi connectivity index (χ0n) is 19.7. The van der Waals surface area contributed by atoms with Gasteiger partial charge in [0.05, 0.1) is 17.7 Å². The van der Waals surface area contributed by atoms with E-state index in [0.29, 0.717) is 41.7 Å². The quantitative estimate of drug-likeness (QED) is 0.360. The number of esters is 1. The summed E-state index contributed by atoms with van der Waals surface area (Å²) in [5, 5.41) is 6.28. The minimum atomic E-state index is -0.632.